The third kappa shape index (κ3) is 3.44. The van der Waals surface area contributed by atoms with Gasteiger partial charge < -0.3 is 10.2 Å². The number of carbonyl (C=O) groups is 2. The van der Waals surface area contributed by atoms with Crippen LogP contribution in [0.2, 0.25) is 5.02 Å². The van der Waals surface area contributed by atoms with Crippen LogP contribution in [-0.2, 0) is 16.0 Å². The highest BCUT2D eigenvalue weighted by atomic mass is 35.5. The van der Waals surface area contributed by atoms with Crippen LogP contribution in [0.15, 0.2) is 30.6 Å². The first kappa shape index (κ1) is 18.4. The second-order valence-corrected chi connectivity index (χ2v) is 6.91. The van der Waals surface area contributed by atoms with Gasteiger partial charge in [0.15, 0.2) is 0 Å². The van der Waals surface area contributed by atoms with Gasteiger partial charge in [-0.25, -0.2) is 0 Å². The highest BCUT2D eigenvalue weighted by Crippen LogP contribution is 2.36. The number of rotatable bonds is 4. The average Bonchev–Trinajstić information content (AvgIpc) is 2.64. The largest absolute Gasteiger partial charge is 0.349 e. The smallest absolute Gasteiger partial charge is 0.227 e. The van der Waals surface area contributed by atoms with E-state index >= 15 is 0 Å². The van der Waals surface area contributed by atoms with Crippen LogP contribution in [0.5, 0.6) is 0 Å². The number of amides is 2. The summed E-state index contributed by atoms with van der Waals surface area (Å²) in [6.45, 7) is 3.71. The Kier molecular flexibility index (Phi) is 5.28. The van der Waals surface area contributed by atoms with Crippen LogP contribution in [0, 0.1) is 0 Å². The van der Waals surface area contributed by atoms with E-state index in [1.54, 1.807) is 24.3 Å². The molecule has 1 N–H and O–H groups in total. The van der Waals surface area contributed by atoms with Crippen molar-refractivity contribution in [2.24, 2.45) is 0 Å². The molecule has 6 heteroatoms. The molecular weight excluding hydrogens is 350 g/mol. The van der Waals surface area contributed by atoms with Crippen molar-refractivity contribution in [1.82, 2.24) is 10.3 Å². The van der Waals surface area contributed by atoms with E-state index in [4.69, 9.17) is 11.6 Å². The van der Waals surface area contributed by atoms with Crippen LogP contribution >= 0.6 is 11.6 Å². The molecular formula is C20H22ClN3O2. The first-order valence-electron chi connectivity index (χ1n) is 8.75. The number of aromatic nitrogens is 1. The van der Waals surface area contributed by atoms with Gasteiger partial charge in [0.05, 0.1) is 11.1 Å². The number of carbonyl (C=O) groups excluding carboxylic acids is 2. The number of hydrogen-bond acceptors (Lipinski definition) is 3. The van der Waals surface area contributed by atoms with Crippen molar-refractivity contribution in [2.45, 2.75) is 39.2 Å². The second kappa shape index (κ2) is 7.46. The van der Waals surface area contributed by atoms with Gasteiger partial charge in [0.2, 0.25) is 11.8 Å². The third-order valence-electron chi connectivity index (χ3n) is 4.81. The molecule has 26 heavy (non-hydrogen) atoms. The van der Waals surface area contributed by atoms with Gasteiger partial charge in [-0.15, -0.1) is 0 Å². The summed E-state index contributed by atoms with van der Waals surface area (Å²) >= 11 is 6.64. The maximum Gasteiger partial charge on any atom is 0.227 e. The van der Waals surface area contributed by atoms with Gasteiger partial charge in [0.25, 0.3) is 0 Å². The van der Waals surface area contributed by atoms with Gasteiger partial charge in [0.1, 0.15) is 0 Å². The lowest BCUT2D eigenvalue weighted by atomic mass is 9.95. The van der Waals surface area contributed by atoms with Gasteiger partial charge in [-0.05, 0) is 36.6 Å². The number of benzene rings is 1. The summed E-state index contributed by atoms with van der Waals surface area (Å²) in [5, 5.41) is 3.51. The van der Waals surface area contributed by atoms with Crippen LogP contribution in [0.3, 0.4) is 0 Å². The molecule has 2 heterocycles. The molecule has 0 spiro atoms. The molecule has 2 amide bonds. The van der Waals surface area contributed by atoms with Gasteiger partial charge in [-0.3, -0.25) is 14.6 Å². The number of nitrogens with zero attached hydrogens (tertiary/aromatic N) is 2. The van der Waals surface area contributed by atoms with Crippen molar-refractivity contribution in [1.29, 1.82) is 0 Å². The van der Waals surface area contributed by atoms with Gasteiger partial charge in [-0.2, -0.15) is 0 Å². The predicted octanol–water partition coefficient (Wildman–Crippen LogP) is 3.90. The SMILES string of the molecule is CCC(=O)N[C@H](C)c1cncc(-c2ccc3c(c2)CCC(=O)N3C)c1Cl. The zero-order chi connectivity index (χ0) is 18.8. The number of anilines is 1. The Balaban J connectivity index is 1.97. The molecule has 2 aromatic rings. The Labute approximate surface area is 158 Å². The lowest BCUT2D eigenvalue weighted by Crippen LogP contribution is -2.30. The first-order valence-corrected chi connectivity index (χ1v) is 9.12. The summed E-state index contributed by atoms with van der Waals surface area (Å²) < 4.78 is 0. The van der Waals surface area contributed by atoms with Crippen LogP contribution in [0.4, 0.5) is 5.69 Å². The lowest BCUT2D eigenvalue weighted by Gasteiger charge is -2.26. The Morgan fingerprint density at radius 3 is 2.85 bits per heavy atom. The lowest BCUT2D eigenvalue weighted by molar-refractivity contribution is -0.121. The van der Waals surface area contributed by atoms with E-state index in [9.17, 15) is 9.59 Å². The summed E-state index contributed by atoms with van der Waals surface area (Å²) in [5.74, 6) is 0.105. The number of aryl methyl sites for hydroxylation is 1. The van der Waals surface area contributed by atoms with Crippen molar-refractivity contribution in [3.8, 4) is 11.1 Å². The van der Waals surface area contributed by atoms with Gasteiger partial charge in [0, 0.05) is 49.1 Å². The number of nitrogens with one attached hydrogen (secondary N) is 1. The molecule has 1 aromatic carbocycles. The molecule has 1 aromatic heterocycles. The van der Waals surface area contributed by atoms with Crippen molar-refractivity contribution in [2.75, 3.05) is 11.9 Å². The average molecular weight is 372 g/mol. The fraction of sp³-hybridized carbons (Fsp3) is 0.350. The zero-order valence-corrected chi connectivity index (χ0v) is 15.9. The van der Waals surface area contributed by atoms with Crippen LogP contribution in [0.25, 0.3) is 11.1 Å². The Morgan fingerprint density at radius 1 is 1.35 bits per heavy atom. The number of pyridine rings is 1. The molecule has 3 rings (SSSR count). The van der Waals surface area contributed by atoms with Crippen molar-refractivity contribution in [3.05, 3.63) is 46.7 Å². The van der Waals surface area contributed by atoms with E-state index in [0.717, 1.165) is 34.4 Å². The van der Waals surface area contributed by atoms with Gasteiger partial charge in [-0.1, -0.05) is 24.6 Å². The summed E-state index contributed by atoms with van der Waals surface area (Å²) in [5.41, 5.74) is 4.63. The summed E-state index contributed by atoms with van der Waals surface area (Å²) in [6.07, 6.45) is 5.09. The minimum absolute atomic E-state index is 0.0274. The summed E-state index contributed by atoms with van der Waals surface area (Å²) in [7, 11) is 1.80. The molecule has 0 saturated carbocycles. The van der Waals surface area contributed by atoms with Crippen LogP contribution in [0.1, 0.15) is 43.9 Å². The van der Waals surface area contributed by atoms with Crippen LogP contribution in [-0.4, -0.2) is 23.8 Å². The molecule has 0 bridgehead atoms. The minimum Gasteiger partial charge on any atom is -0.349 e. The monoisotopic (exact) mass is 371 g/mol. The van der Waals surface area contributed by atoms with E-state index in [0.29, 0.717) is 17.9 Å². The predicted molar refractivity (Wildman–Crippen MR) is 103 cm³/mol. The second-order valence-electron chi connectivity index (χ2n) is 6.53. The quantitative estimate of drug-likeness (QED) is 0.886. The topological polar surface area (TPSA) is 62.3 Å². The molecule has 1 atom stereocenters. The minimum atomic E-state index is -0.219. The summed E-state index contributed by atoms with van der Waals surface area (Å²) in [6, 6.07) is 5.76. The van der Waals surface area contributed by atoms with E-state index < -0.39 is 0 Å². The Hall–Kier alpha value is -2.40. The normalized spacial score (nSPS) is 14.8. The highest BCUT2D eigenvalue weighted by molar-refractivity contribution is 6.34. The molecule has 0 unspecified atom stereocenters. The number of hydrogen-bond donors (Lipinski definition) is 1. The molecule has 0 aliphatic carbocycles. The third-order valence-corrected chi connectivity index (χ3v) is 5.23. The molecule has 5 nitrogen and oxygen atoms in total. The Bertz CT molecular complexity index is 866. The maximum atomic E-state index is 11.9. The molecule has 1 aliphatic rings. The molecule has 0 saturated heterocycles. The maximum absolute atomic E-state index is 11.9. The zero-order valence-electron chi connectivity index (χ0n) is 15.2. The van der Waals surface area contributed by atoms with E-state index in [1.165, 1.54) is 0 Å². The number of halogens is 1. The van der Waals surface area contributed by atoms with Crippen molar-refractivity contribution in [3.63, 3.8) is 0 Å². The fourth-order valence-electron chi connectivity index (χ4n) is 3.21. The first-order chi connectivity index (χ1) is 12.4. The molecule has 136 valence electrons. The standard InChI is InChI=1S/C20H22ClN3O2/c1-4-18(25)23-12(2)15-10-22-11-16(20(15)21)13-5-7-17-14(9-13)6-8-19(26)24(17)3/h5,7,9-12H,4,6,8H2,1-3H3,(H,23,25)/t12-/m1/s1. The van der Waals surface area contributed by atoms with E-state index in [2.05, 4.69) is 16.4 Å². The van der Waals surface area contributed by atoms with E-state index in [-0.39, 0.29) is 17.9 Å². The highest BCUT2D eigenvalue weighted by Gasteiger charge is 2.22. The summed E-state index contributed by atoms with van der Waals surface area (Å²) in [4.78, 5) is 29.5. The fourth-order valence-corrected chi connectivity index (χ4v) is 3.58. The molecule has 0 radical (unpaired) electrons. The van der Waals surface area contributed by atoms with Crippen molar-refractivity contribution < 1.29 is 9.59 Å². The number of fused-ring (bicyclic) bond motifs is 1. The molecule has 1 aliphatic heterocycles. The molecule has 0 fully saturated rings. The Morgan fingerprint density at radius 2 is 2.12 bits per heavy atom. The van der Waals surface area contributed by atoms with Crippen molar-refractivity contribution >= 4 is 29.1 Å². The van der Waals surface area contributed by atoms with E-state index in [1.807, 2.05) is 26.0 Å². The van der Waals surface area contributed by atoms with Crippen LogP contribution < -0.4 is 10.2 Å². The van der Waals surface area contributed by atoms with Gasteiger partial charge >= 0.3 is 0 Å².